The molecule has 5 rings (SSSR count). The van der Waals surface area contributed by atoms with Gasteiger partial charge in [0.15, 0.2) is 0 Å². The SMILES string of the molecule is Cl.O=C(Nc1ccc2c(c1)CCO2)C1CCCCN1C(=O)C1CC12CCNCC2. The Balaban J connectivity index is 0.00000205. The fourth-order valence-electron chi connectivity index (χ4n) is 5.33. The number of nitrogens with zero attached hydrogens (tertiary/aromatic N) is 1. The maximum atomic E-state index is 13.3. The number of fused-ring (bicyclic) bond motifs is 1. The third-order valence-electron chi connectivity index (χ3n) is 7.13. The lowest BCUT2D eigenvalue weighted by Crippen LogP contribution is -2.51. The standard InChI is InChI=1S/C22H29N3O3.ClH/c26-20(24-16-4-5-19-15(13-16)6-12-28-19)18-3-1-2-11-25(18)21(27)17-14-22(17)7-9-23-10-8-22;/h4-5,13,17-18,23H,1-3,6-12,14H2,(H,24,26);1H. The molecule has 3 fully saturated rings. The molecular formula is C22H30ClN3O3. The Morgan fingerprint density at radius 2 is 2.03 bits per heavy atom. The number of hydrogen-bond acceptors (Lipinski definition) is 4. The zero-order chi connectivity index (χ0) is 19.1. The first-order valence-corrected chi connectivity index (χ1v) is 10.7. The van der Waals surface area contributed by atoms with Crippen LogP contribution in [0.15, 0.2) is 18.2 Å². The molecule has 1 spiro atoms. The van der Waals surface area contributed by atoms with Crippen molar-refractivity contribution in [2.75, 3.05) is 31.6 Å². The molecule has 3 heterocycles. The van der Waals surface area contributed by atoms with Crippen LogP contribution in [-0.2, 0) is 16.0 Å². The third kappa shape index (κ3) is 3.84. The summed E-state index contributed by atoms with van der Waals surface area (Å²) in [4.78, 5) is 28.2. The van der Waals surface area contributed by atoms with Gasteiger partial charge in [-0.3, -0.25) is 9.59 Å². The second-order valence-electron chi connectivity index (χ2n) is 8.82. The van der Waals surface area contributed by atoms with Gasteiger partial charge in [0, 0.05) is 24.6 Å². The van der Waals surface area contributed by atoms with Crippen molar-refractivity contribution in [3.8, 4) is 5.75 Å². The number of carbonyl (C=O) groups is 2. The second-order valence-corrected chi connectivity index (χ2v) is 8.82. The molecule has 0 radical (unpaired) electrons. The summed E-state index contributed by atoms with van der Waals surface area (Å²) in [6, 6.07) is 5.47. The second kappa shape index (κ2) is 8.15. The van der Waals surface area contributed by atoms with Crippen LogP contribution in [0.5, 0.6) is 5.75 Å². The van der Waals surface area contributed by atoms with E-state index in [1.54, 1.807) is 0 Å². The van der Waals surface area contributed by atoms with Gasteiger partial charge in [0.2, 0.25) is 11.8 Å². The predicted octanol–water partition coefficient (Wildman–Crippen LogP) is 2.75. The Morgan fingerprint density at radius 1 is 1.21 bits per heavy atom. The Bertz CT molecular complexity index is 794. The van der Waals surface area contributed by atoms with Crippen LogP contribution in [0.2, 0.25) is 0 Å². The van der Waals surface area contributed by atoms with Gasteiger partial charge >= 0.3 is 0 Å². The van der Waals surface area contributed by atoms with E-state index in [0.717, 1.165) is 75.0 Å². The molecule has 1 aliphatic carbocycles. The van der Waals surface area contributed by atoms with Crippen molar-refractivity contribution in [2.24, 2.45) is 11.3 Å². The van der Waals surface area contributed by atoms with E-state index in [9.17, 15) is 9.59 Å². The van der Waals surface area contributed by atoms with E-state index in [-0.39, 0.29) is 41.6 Å². The molecule has 1 aromatic rings. The van der Waals surface area contributed by atoms with Crippen LogP contribution in [-0.4, -0.2) is 49.0 Å². The molecule has 2 saturated heterocycles. The quantitative estimate of drug-likeness (QED) is 0.790. The smallest absolute Gasteiger partial charge is 0.247 e. The molecule has 0 aromatic heterocycles. The number of likely N-dealkylation sites (tertiary alicyclic amines) is 1. The Hall–Kier alpha value is -1.79. The highest BCUT2D eigenvalue weighted by molar-refractivity contribution is 5.98. The maximum absolute atomic E-state index is 13.3. The maximum Gasteiger partial charge on any atom is 0.247 e. The summed E-state index contributed by atoms with van der Waals surface area (Å²) in [7, 11) is 0. The first-order chi connectivity index (χ1) is 13.7. The average Bonchev–Trinajstić information content (AvgIpc) is 3.20. The summed E-state index contributed by atoms with van der Waals surface area (Å²) in [5.74, 6) is 1.20. The van der Waals surface area contributed by atoms with Crippen molar-refractivity contribution in [3.63, 3.8) is 0 Å². The normalized spacial score (nSPS) is 26.8. The number of piperidine rings is 2. The highest BCUT2D eigenvalue weighted by Crippen LogP contribution is 2.59. The molecule has 158 valence electrons. The first kappa shape index (κ1) is 20.5. The van der Waals surface area contributed by atoms with Gasteiger partial charge in [-0.05, 0) is 80.8 Å². The van der Waals surface area contributed by atoms with Crippen molar-refractivity contribution in [1.82, 2.24) is 10.2 Å². The minimum atomic E-state index is -0.342. The molecule has 0 bridgehead atoms. The van der Waals surface area contributed by atoms with Crippen molar-refractivity contribution in [2.45, 2.75) is 51.0 Å². The zero-order valence-corrected chi connectivity index (χ0v) is 17.6. The van der Waals surface area contributed by atoms with Gasteiger partial charge in [0.25, 0.3) is 0 Å². The van der Waals surface area contributed by atoms with Crippen molar-refractivity contribution < 1.29 is 14.3 Å². The molecule has 2 atom stereocenters. The summed E-state index contributed by atoms with van der Waals surface area (Å²) in [6.45, 7) is 3.43. The summed E-state index contributed by atoms with van der Waals surface area (Å²) in [5.41, 5.74) is 2.15. The minimum Gasteiger partial charge on any atom is -0.493 e. The monoisotopic (exact) mass is 419 g/mol. The van der Waals surface area contributed by atoms with Crippen molar-refractivity contribution >= 4 is 29.9 Å². The fraction of sp³-hybridized carbons (Fsp3) is 0.636. The molecule has 2 N–H and O–H groups in total. The predicted molar refractivity (Wildman–Crippen MR) is 114 cm³/mol. The molecule has 6 nitrogen and oxygen atoms in total. The number of benzene rings is 1. The van der Waals surface area contributed by atoms with E-state index in [4.69, 9.17) is 4.74 Å². The molecule has 29 heavy (non-hydrogen) atoms. The topological polar surface area (TPSA) is 70.7 Å². The van der Waals surface area contributed by atoms with Crippen LogP contribution in [0, 0.1) is 11.3 Å². The lowest BCUT2D eigenvalue weighted by Gasteiger charge is -2.36. The molecule has 3 aliphatic heterocycles. The van der Waals surface area contributed by atoms with Crippen LogP contribution in [0.4, 0.5) is 5.69 Å². The van der Waals surface area contributed by atoms with E-state index >= 15 is 0 Å². The first-order valence-electron chi connectivity index (χ1n) is 10.7. The molecule has 1 aromatic carbocycles. The van der Waals surface area contributed by atoms with Gasteiger partial charge < -0.3 is 20.3 Å². The number of carbonyl (C=O) groups excluding carboxylic acids is 2. The van der Waals surface area contributed by atoms with Gasteiger partial charge in [-0.25, -0.2) is 0 Å². The summed E-state index contributed by atoms with van der Waals surface area (Å²) in [6.07, 6.45) is 6.81. The van der Waals surface area contributed by atoms with Crippen LogP contribution in [0.25, 0.3) is 0 Å². The van der Waals surface area contributed by atoms with Crippen LogP contribution in [0.3, 0.4) is 0 Å². The number of ether oxygens (including phenoxy) is 1. The zero-order valence-electron chi connectivity index (χ0n) is 16.7. The van der Waals surface area contributed by atoms with E-state index in [0.29, 0.717) is 13.2 Å². The molecule has 7 heteroatoms. The van der Waals surface area contributed by atoms with Gasteiger partial charge in [0.05, 0.1) is 6.61 Å². The van der Waals surface area contributed by atoms with Crippen molar-refractivity contribution in [1.29, 1.82) is 0 Å². The van der Waals surface area contributed by atoms with Crippen LogP contribution < -0.4 is 15.4 Å². The number of anilines is 1. The molecule has 2 amide bonds. The minimum absolute atomic E-state index is 0. The Kier molecular flexibility index (Phi) is 5.76. The molecular weight excluding hydrogens is 390 g/mol. The van der Waals surface area contributed by atoms with Gasteiger partial charge in [-0.2, -0.15) is 0 Å². The van der Waals surface area contributed by atoms with E-state index in [1.165, 1.54) is 0 Å². The van der Waals surface area contributed by atoms with E-state index < -0.39 is 0 Å². The summed E-state index contributed by atoms with van der Waals surface area (Å²) < 4.78 is 5.54. The largest absolute Gasteiger partial charge is 0.493 e. The number of amides is 2. The Labute approximate surface area is 178 Å². The van der Waals surface area contributed by atoms with E-state index in [2.05, 4.69) is 10.6 Å². The van der Waals surface area contributed by atoms with Gasteiger partial charge in [-0.15, -0.1) is 12.4 Å². The number of hydrogen-bond donors (Lipinski definition) is 2. The molecule has 4 aliphatic rings. The average molecular weight is 420 g/mol. The van der Waals surface area contributed by atoms with Crippen molar-refractivity contribution in [3.05, 3.63) is 23.8 Å². The third-order valence-corrected chi connectivity index (χ3v) is 7.13. The molecule has 2 unspecified atom stereocenters. The molecule has 1 saturated carbocycles. The lowest BCUT2D eigenvalue weighted by atomic mass is 9.91. The van der Waals surface area contributed by atoms with Gasteiger partial charge in [0.1, 0.15) is 11.8 Å². The Morgan fingerprint density at radius 3 is 2.86 bits per heavy atom. The summed E-state index contributed by atoms with van der Waals surface area (Å²) in [5, 5.41) is 6.45. The number of halogens is 1. The highest BCUT2D eigenvalue weighted by atomic mass is 35.5. The number of rotatable bonds is 3. The lowest BCUT2D eigenvalue weighted by molar-refractivity contribution is -0.142. The van der Waals surface area contributed by atoms with Crippen LogP contribution >= 0.6 is 12.4 Å². The highest BCUT2D eigenvalue weighted by Gasteiger charge is 2.59. The fourth-order valence-corrected chi connectivity index (χ4v) is 5.33. The van der Waals surface area contributed by atoms with Gasteiger partial charge in [-0.1, -0.05) is 0 Å². The number of nitrogens with one attached hydrogen (secondary N) is 2. The van der Waals surface area contributed by atoms with E-state index in [1.807, 2.05) is 23.1 Å². The summed E-state index contributed by atoms with van der Waals surface area (Å²) >= 11 is 0. The van der Waals surface area contributed by atoms with Crippen LogP contribution in [0.1, 0.15) is 44.1 Å².